The van der Waals surface area contributed by atoms with Crippen LogP contribution < -0.4 is 10.1 Å². The number of hydrogen-bond acceptors (Lipinski definition) is 5. The van der Waals surface area contributed by atoms with E-state index in [1.165, 1.54) is 44.5 Å². The average Bonchev–Trinajstić information content (AvgIpc) is 2.97. The second-order valence-corrected chi connectivity index (χ2v) is 4.45. The summed E-state index contributed by atoms with van der Waals surface area (Å²) in [5, 5.41) is 13.3. The van der Waals surface area contributed by atoms with Gasteiger partial charge in [0, 0.05) is 17.8 Å². The predicted octanol–water partition coefficient (Wildman–Crippen LogP) is 2.39. The quantitative estimate of drug-likeness (QED) is 0.500. The molecule has 0 atom stereocenters. The maximum Gasteiger partial charge on any atom is 0.273 e. The van der Waals surface area contributed by atoms with E-state index >= 15 is 0 Å². The highest BCUT2D eigenvalue weighted by molar-refractivity contribution is 6.06. The van der Waals surface area contributed by atoms with E-state index in [-0.39, 0.29) is 28.6 Å². The lowest BCUT2D eigenvalue weighted by Crippen LogP contribution is -2.13. The van der Waals surface area contributed by atoms with Crippen molar-refractivity contribution in [2.75, 3.05) is 12.4 Å². The van der Waals surface area contributed by atoms with Crippen molar-refractivity contribution in [2.24, 2.45) is 0 Å². The Balaban J connectivity index is 2.23. The minimum Gasteiger partial charge on any atom is -0.494 e. The van der Waals surface area contributed by atoms with Crippen LogP contribution in [0.15, 0.2) is 30.5 Å². The van der Waals surface area contributed by atoms with Gasteiger partial charge >= 0.3 is 0 Å². The van der Waals surface area contributed by atoms with Crippen LogP contribution in [0, 0.1) is 10.1 Å². The average molecular weight is 303 g/mol. The lowest BCUT2D eigenvalue weighted by Gasteiger charge is -2.09. The van der Waals surface area contributed by atoms with Gasteiger partial charge in [-0.15, -0.1) is 0 Å². The number of carbonyl (C=O) groups is 2. The molecule has 0 unspecified atom stereocenters. The maximum atomic E-state index is 12.1. The molecule has 0 saturated heterocycles. The number of nitrogens with zero attached hydrogens (tertiary/aromatic N) is 1. The van der Waals surface area contributed by atoms with E-state index in [1.54, 1.807) is 0 Å². The Morgan fingerprint density at radius 2 is 2.05 bits per heavy atom. The summed E-state index contributed by atoms with van der Waals surface area (Å²) in [4.78, 5) is 36.2. The number of ketones is 1. The van der Waals surface area contributed by atoms with E-state index in [1.807, 2.05) is 0 Å². The molecule has 8 heteroatoms. The molecule has 8 nitrogen and oxygen atoms in total. The van der Waals surface area contributed by atoms with E-state index in [0.717, 1.165) is 0 Å². The maximum absolute atomic E-state index is 12.1. The molecule has 22 heavy (non-hydrogen) atoms. The van der Waals surface area contributed by atoms with Gasteiger partial charge in [0.25, 0.3) is 11.6 Å². The fraction of sp³-hybridized carbons (Fsp3) is 0.143. The number of Topliss-reactive ketones (excluding diaryl/α,β-unsaturated/α-hetero) is 1. The lowest BCUT2D eigenvalue weighted by molar-refractivity contribution is -0.384. The molecule has 0 saturated carbocycles. The van der Waals surface area contributed by atoms with Crippen LogP contribution in [0.1, 0.15) is 27.8 Å². The predicted molar refractivity (Wildman–Crippen MR) is 78.4 cm³/mol. The van der Waals surface area contributed by atoms with Gasteiger partial charge in [0.15, 0.2) is 5.78 Å². The molecule has 0 aliphatic heterocycles. The molecule has 114 valence electrons. The van der Waals surface area contributed by atoms with Gasteiger partial charge in [-0.3, -0.25) is 19.7 Å². The first-order valence-corrected chi connectivity index (χ1v) is 6.25. The van der Waals surface area contributed by atoms with Crippen LogP contribution in [0.25, 0.3) is 0 Å². The highest BCUT2D eigenvalue weighted by Crippen LogP contribution is 2.29. The molecule has 1 heterocycles. The zero-order valence-corrected chi connectivity index (χ0v) is 11.9. The molecule has 1 aromatic carbocycles. The van der Waals surface area contributed by atoms with Gasteiger partial charge in [0.05, 0.1) is 23.8 Å². The van der Waals surface area contributed by atoms with Crippen LogP contribution in [-0.4, -0.2) is 28.7 Å². The van der Waals surface area contributed by atoms with Crippen molar-refractivity contribution >= 4 is 23.1 Å². The van der Waals surface area contributed by atoms with Gasteiger partial charge in [-0.25, -0.2) is 0 Å². The summed E-state index contributed by atoms with van der Waals surface area (Å²) >= 11 is 0. The summed E-state index contributed by atoms with van der Waals surface area (Å²) in [7, 11) is 1.34. The third-order valence-corrected chi connectivity index (χ3v) is 2.98. The number of H-pyrrole nitrogens is 1. The highest BCUT2D eigenvalue weighted by Gasteiger charge is 2.15. The number of non-ortho nitro benzene ring substituents is 1. The highest BCUT2D eigenvalue weighted by atomic mass is 16.6. The Morgan fingerprint density at radius 1 is 1.32 bits per heavy atom. The van der Waals surface area contributed by atoms with Crippen molar-refractivity contribution in [3.8, 4) is 5.75 Å². The molecule has 0 radical (unpaired) electrons. The number of hydrogen-bond donors (Lipinski definition) is 2. The van der Waals surface area contributed by atoms with Gasteiger partial charge in [-0.05, 0) is 19.1 Å². The molecule has 0 bridgehead atoms. The summed E-state index contributed by atoms with van der Waals surface area (Å²) in [6.07, 6.45) is 1.43. The van der Waals surface area contributed by atoms with Crippen molar-refractivity contribution in [3.05, 3.63) is 51.8 Å². The first-order chi connectivity index (χ1) is 10.4. The van der Waals surface area contributed by atoms with E-state index in [9.17, 15) is 19.7 Å². The minimum absolute atomic E-state index is 0.145. The monoisotopic (exact) mass is 303 g/mol. The van der Waals surface area contributed by atoms with E-state index in [2.05, 4.69) is 10.3 Å². The molecular formula is C14H13N3O5. The molecule has 2 rings (SSSR count). The lowest BCUT2D eigenvalue weighted by atomic mass is 10.2. The summed E-state index contributed by atoms with van der Waals surface area (Å²) in [5.74, 6) is -0.483. The van der Waals surface area contributed by atoms with Crippen molar-refractivity contribution in [1.82, 2.24) is 4.98 Å². The van der Waals surface area contributed by atoms with E-state index in [4.69, 9.17) is 4.74 Å². The molecule has 0 aliphatic carbocycles. The first kappa shape index (κ1) is 15.2. The van der Waals surface area contributed by atoms with Gasteiger partial charge in [0.1, 0.15) is 11.4 Å². The van der Waals surface area contributed by atoms with Crippen molar-refractivity contribution in [1.29, 1.82) is 0 Å². The summed E-state index contributed by atoms with van der Waals surface area (Å²) < 4.78 is 5.03. The van der Waals surface area contributed by atoms with Crippen molar-refractivity contribution in [2.45, 2.75) is 6.92 Å². The van der Waals surface area contributed by atoms with Crippen LogP contribution in [-0.2, 0) is 0 Å². The fourth-order valence-electron chi connectivity index (χ4n) is 1.82. The Morgan fingerprint density at radius 3 is 2.59 bits per heavy atom. The minimum atomic E-state index is -0.557. The zero-order valence-electron chi connectivity index (χ0n) is 11.9. The number of carbonyl (C=O) groups excluding carboxylic acids is 2. The van der Waals surface area contributed by atoms with Crippen molar-refractivity contribution in [3.63, 3.8) is 0 Å². The Kier molecular flexibility index (Phi) is 4.21. The SMILES string of the molecule is COc1cc([N+](=O)[O-])ccc1NC(=O)c1cc(C(C)=O)c[nH]1. The fourth-order valence-corrected chi connectivity index (χ4v) is 1.82. The van der Waals surface area contributed by atoms with Gasteiger partial charge in [0.2, 0.25) is 0 Å². The number of aromatic amines is 1. The number of anilines is 1. The normalized spacial score (nSPS) is 10.1. The Hall–Kier alpha value is -3.16. The number of nitro groups is 1. The number of amides is 1. The zero-order chi connectivity index (χ0) is 16.3. The second-order valence-electron chi connectivity index (χ2n) is 4.45. The van der Waals surface area contributed by atoms with Crippen LogP contribution in [0.4, 0.5) is 11.4 Å². The second kappa shape index (κ2) is 6.08. The number of ether oxygens (including phenoxy) is 1. The number of methoxy groups -OCH3 is 1. The Labute approximate surface area is 125 Å². The van der Waals surface area contributed by atoms with E-state index in [0.29, 0.717) is 5.56 Å². The van der Waals surface area contributed by atoms with Gasteiger partial charge < -0.3 is 15.0 Å². The number of nitro benzene ring substituents is 1. The summed E-state index contributed by atoms with van der Waals surface area (Å²) in [6, 6.07) is 5.28. The molecule has 0 spiro atoms. The number of aromatic nitrogens is 1. The van der Waals surface area contributed by atoms with Crippen LogP contribution in [0.5, 0.6) is 5.75 Å². The van der Waals surface area contributed by atoms with Crippen molar-refractivity contribution < 1.29 is 19.2 Å². The molecule has 2 aromatic rings. The molecule has 2 N–H and O–H groups in total. The third kappa shape index (κ3) is 3.11. The Bertz CT molecular complexity index is 751. The third-order valence-electron chi connectivity index (χ3n) is 2.98. The number of nitrogens with one attached hydrogen (secondary N) is 2. The van der Waals surface area contributed by atoms with E-state index < -0.39 is 10.8 Å². The van der Waals surface area contributed by atoms with Crippen LogP contribution >= 0.6 is 0 Å². The standard InChI is InChI=1S/C14H13N3O5/c1-8(18)9-5-12(15-7-9)14(19)16-11-4-3-10(17(20)21)6-13(11)22-2/h3-7,15H,1-2H3,(H,16,19). The smallest absolute Gasteiger partial charge is 0.273 e. The first-order valence-electron chi connectivity index (χ1n) is 6.25. The molecule has 0 fully saturated rings. The largest absolute Gasteiger partial charge is 0.494 e. The van der Waals surface area contributed by atoms with Crippen LogP contribution in [0.3, 0.4) is 0 Å². The molecular weight excluding hydrogens is 290 g/mol. The van der Waals surface area contributed by atoms with Crippen LogP contribution in [0.2, 0.25) is 0 Å². The molecule has 1 amide bonds. The summed E-state index contributed by atoms with van der Waals surface area (Å²) in [6.45, 7) is 1.39. The topological polar surface area (TPSA) is 114 Å². The summed E-state index contributed by atoms with van der Waals surface area (Å²) in [5.41, 5.74) is 0.733. The molecule has 0 aliphatic rings. The van der Waals surface area contributed by atoms with Gasteiger partial charge in [-0.1, -0.05) is 0 Å². The van der Waals surface area contributed by atoms with Gasteiger partial charge in [-0.2, -0.15) is 0 Å². The molecule has 1 aromatic heterocycles. The number of rotatable bonds is 5. The number of benzene rings is 1.